The van der Waals surface area contributed by atoms with Gasteiger partial charge >= 0.3 is 0 Å². The summed E-state index contributed by atoms with van der Waals surface area (Å²) in [5, 5.41) is 4.16. The molecule has 0 bridgehead atoms. The largest absolute Gasteiger partial charge is 0.459 e. The lowest BCUT2D eigenvalue weighted by molar-refractivity contribution is 0.0996. The van der Waals surface area contributed by atoms with Crippen LogP contribution in [-0.4, -0.2) is 28.9 Å². The normalized spacial score (nSPS) is 18.5. The van der Waals surface area contributed by atoms with Crippen LogP contribution in [0.1, 0.15) is 70.9 Å². The maximum absolute atomic E-state index is 12.9. The van der Waals surface area contributed by atoms with E-state index in [1.54, 1.807) is 29.7 Å². The van der Waals surface area contributed by atoms with Crippen LogP contribution in [0.3, 0.4) is 0 Å². The summed E-state index contributed by atoms with van der Waals surface area (Å²) in [5.74, 6) is 0.922. The topological polar surface area (TPSA) is 58.4 Å². The van der Waals surface area contributed by atoms with E-state index < -0.39 is 0 Å². The highest BCUT2D eigenvalue weighted by molar-refractivity contribution is 7.16. The predicted molar refractivity (Wildman–Crippen MR) is 124 cm³/mol. The summed E-state index contributed by atoms with van der Waals surface area (Å²) < 4.78 is 5.35. The first-order chi connectivity index (χ1) is 15.2. The first-order valence-corrected chi connectivity index (χ1v) is 12.2. The van der Waals surface area contributed by atoms with E-state index in [1.165, 1.54) is 41.7 Å². The van der Waals surface area contributed by atoms with E-state index in [-0.39, 0.29) is 11.9 Å². The molecular weight excluding hydrogens is 406 g/mol. The Morgan fingerprint density at radius 2 is 2.03 bits per heavy atom. The number of amides is 1. The van der Waals surface area contributed by atoms with Crippen LogP contribution in [0.15, 0.2) is 47.2 Å². The van der Waals surface area contributed by atoms with E-state index in [4.69, 9.17) is 9.40 Å². The Morgan fingerprint density at radius 3 is 2.77 bits per heavy atom. The number of aryl methyl sites for hydroxylation is 1. The molecule has 6 heteroatoms. The summed E-state index contributed by atoms with van der Waals surface area (Å²) in [5.41, 5.74) is 3.75. The number of anilines is 1. The third kappa shape index (κ3) is 4.19. The zero-order valence-electron chi connectivity index (χ0n) is 18.0. The van der Waals surface area contributed by atoms with Gasteiger partial charge in [0.15, 0.2) is 5.76 Å². The third-order valence-electron chi connectivity index (χ3n) is 6.61. The second-order valence-electron chi connectivity index (χ2n) is 8.76. The molecule has 31 heavy (non-hydrogen) atoms. The van der Waals surface area contributed by atoms with Crippen molar-refractivity contribution < 1.29 is 9.21 Å². The lowest BCUT2D eigenvalue weighted by Gasteiger charge is -2.37. The smallest absolute Gasteiger partial charge is 0.291 e. The summed E-state index contributed by atoms with van der Waals surface area (Å²) in [6.07, 6.45) is 10.4. The molecule has 1 fully saturated rings. The average Bonchev–Trinajstić information content (AvgIpc) is 3.45. The van der Waals surface area contributed by atoms with Crippen molar-refractivity contribution in [3.05, 3.63) is 70.3 Å². The number of nitrogens with one attached hydrogen (secondary N) is 1. The number of piperidine rings is 1. The van der Waals surface area contributed by atoms with E-state index in [0.29, 0.717) is 5.76 Å². The van der Waals surface area contributed by atoms with Crippen LogP contribution < -0.4 is 5.32 Å². The molecule has 5 rings (SSSR count). The maximum atomic E-state index is 12.9. The average molecular weight is 436 g/mol. The molecule has 1 N–H and O–H groups in total. The van der Waals surface area contributed by atoms with Crippen LogP contribution in [0.4, 0.5) is 5.00 Å². The minimum absolute atomic E-state index is 0.0682. The van der Waals surface area contributed by atoms with Gasteiger partial charge in [0.25, 0.3) is 5.91 Å². The van der Waals surface area contributed by atoms with Gasteiger partial charge in [0.2, 0.25) is 0 Å². The third-order valence-corrected chi connectivity index (χ3v) is 7.83. The van der Waals surface area contributed by atoms with Crippen molar-refractivity contribution in [3.63, 3.8) is 0 Å². The van der Waals surface area contributed by atoms with E-state index in [2.05, 4.69) is 29.3 Å². The first-order valence-electron chi connectivity index (χ1n) is 11.3. The fourth-order valence-corrected chi connectivity index (χ4v) is 6.20. The highest BCUT2D eigenvalue weighted by Gasteiger charge is 2.34. The molecule has 5 nitrogen and oxygen atoms in total. The monoisotopic (exact) mass is 435 g/mol. The van der Waals surface area contributed by atoms with Crippen molar-refractivity contribution in [1.29, 1.82) is 0 Å². The molecule has 3 aromatic heterocycles. The van der Waals surface area contributed by atoms with Gasteiger partial charge in [-0.1, -0.05) is 13.0 Å². The Hall–Kier alpha value is -2.44. The van der Waals surface area contributed by atoms with Crippen LogP contribution in [0, 0.1) is 5.92 Å². The van der Waals surface area contributed by atoms with Crippen molar-refractivity contribution in [1.82, 2.24) is 9.88 Å². The lowest BCUT2D eigenvalue weighted by atomic mass is 9.88. The number of hydrogen-bond acceptors (Lipinski definition) is 5. The van der Waals surface area contributed by atoms with Crippen molar-refractivity contribution in [2.45, 2.75) is 51.5 Å². The number of aromatic nitrogens is 1. The van der Waals surface area contributed by atoms with Gasteiger partial charge in [0.05, 0.1) is 18.0 Å². The Kier molecular flexibility index (Phi) is 5.92. The first kappa shape index (κ1) is 20.5. The quantitative estimate of drug-likeness (QED) is 0.559. The van der Waals surface area contributed by atoms with Crippen LogP contribution >= 0.6 is 11.3 Å². The molecule has 162 valence electrons. The molecule has 0 saturated carbocycles. The van der Waals surface area contributed by atoms with E-state index >= 15 is 0 Å². The molecule has 1 saturated heterocycles. The van der Waals surface area contributed by atoms with Crippen molar-refractivity contribution in [2.24, 2.45) is 5.92 Å². The number of nitrogens with zero attached hydrogens (tertiary/aromatic N) is 2. The van der Waals surface area contributed by atoms with Gasteiger partial charge in [-0.15, -0.1) is 11.3 Å². The number of hydrogen-bond donors (Lipinski definition) is 1. The van der Waals surface area contributed by atoms with Crippen molar-refractivity contribution in [3.8, 4) is 0 Å². The Balaban J connectivity index is 1.59. The summed E-state index contributed by atoms with van der Waals surface area (Å²) in [7, 11) is 0. The van der Waals surface area contributed by atoms with Gasteiger partial charge in [-0.3, -0.25) is 14.7 Å². The van der Waals surface area contributed by atoms with Crippen LogP contribution in [-0.2, 0) is 12.8 Å². The standard InChI is InChI=1S/C25H29N3O2S/c1-17-11-14-28(15-12-17)23(19-8-4-5-13-26-19)22-18-7-2-3-10-21(18)31-25(22)27-24(29)20-9-6-16-30-20/h4-6,8-9,13,16-17,23H,2-3,7,10-12,14-15H2,1H3,(H,27,29)/t23-/m1/s1. The number of carbonyl (C=O) groups is 1. The highest BCUT2D eigenvalue weighted by Crippen LogP contribution is 2.45. The van der Waals surface area contributed by atoms with Gasteiger partial charge in [-0.05, 0) is 87.4 Å². The number of carbonyl (C=O) groups excluding carboxylic acids is 1. The highest BCUT2D eigenvalue weighted by atomic mass is 32.1. The fraction of sp³-hybridized carbons (Fsp3) is 0.440. The van der Waals surface area contributed by atoms with Crippen LogP contribution in [0.5, 0.6) is 0 Å². The summed E-state index contributed by atoms with van der Waals surface area (Å²) in [6, 6.07) is 9.71. The van der Waals surface area contributed by atoms with Crippen LogP contribution in [0.25, 0.3) is 0 Å². The molecule has 0 radical (unpaired) electrons. The summed E-state index contributed by atoms with van der Waals surface area (Å²) in [4.78, 5) is 21.7. The van der Waals surface area contributed by atoms with Gasteiger partial charge in [0, 0.05) is 16.6 Å². The zero-order valence-corrected chi connectivity index (χ0v) is 18.8. The minimum atomic E-state index is -0.183. The minimum Gasteiger partial charge on any atom is -0.459 e. The van der Waals surface area contributed by atoms with E-state index in [1.807, 2.05) is 12.3 Å². The van der Waals surface area contributed by atoms with Crippen LogP contribution in [0.2, 0.25) is 0 Å². The predicted octanol–water partition coefficient (Wildman–Crippen LogP) is 5.69. The van der Waals surface area contributed by atoms with Crippen molar-refractivity contribution >= 4 is 22.2 Å². The second kappa shape index (κ2) is 8.97. The number of rotatable bonds is 5. The molecule has 4 heterocycles. The number of pyridine rings is 1. The second-order valence-corrected chi connectivity index (χ2v) is 9.87. The molecular formula is C25H29N3O2S. The molecule has 0 aromatic carbocycles. The molecule has 1 atom stereocenters. The van der Waals surface area contributed by atoms with Gasteiger partial charge in [-0.2, -0.15) is 0 Å². The van der Waals surface area contributed by atoms with Gasteiger partial charge in [-0.25, -0.2) is 0 Å². The number of likely N-dealkylation sites (tertiary alicyclic amines) is 1. The van der Waals surface area contributed by atoms with Gasteiger partial charge < -0.3 is 9.73 Å². The molecule has 3 aromatic rings. The van der Waals surface area contributed by atoms with Gasteiger partial charge in [0.1, 0.15) is 5.00 Å². The number of furan rings is 1. The Labute approximate surface area is 187 Å². The van der Waals surface area contributed by atoms with E-state index in [0.717, 1.165) is 42.5 Å². The molecule has 2 aliphatic rings. The fourth-order valence-electron chi connectivity index (χ4n) is 4.89. The molecule has 1 aliphatic carbocycles. The lowest BCUT2D eigenvalue weighted by Crippen LogP contribution is -2.37. The molecule has 0 unspecified atom stereocenters. The SMILES string of the molecule is CC1CCN([C@H](c2ccccn2)c2c(NC(=O)c3ccco3)sc3c2CCCC3)CC1. The Morgan fingerprint density at radius 1 is 1.19 bits per heavy atom. The Bertz CT molecular complexity index is 1020. The number of fused-ring (bicyclic) bond motifs is 1. The van der Waals surface area contributed by atoms with E-state index in [9.17, 15) is 4.79 Å². The summed E-state index contributed by atoms with van der Waals surface area (Å²) in [6.45, 7) is 4.45. The maximum Gasteiger partial charge on any atom is 0.291 e. The zero-order chi connectivity index (χ0) is 21.2. The summed E-state index contributed by atoms with van der Waals surface area (Å²) >= 11 is 1.75. The number of thiophene rings is 1. The molecule has 1 amide bonds. The molecule has 0 spiro atoms. The molecule has 1 aliphatic heterocycles. The van der Waals surface area contributed by atoms with Crippen molar-refractivity contribution in [2.75, 3.05) is 18.4 Å².